The van der Waals surface area contributed by atoms with Gasteiger partial charge in [0.05, 0.1) is 59.7 Å². The molecule has 0 bridgehead atoms. The van der Waals surface area contributed by atoms with E-state index in [0.717, 1.165) is 176 Å². The van der Waals surface area contributed by atoms with Crippen LogP contribution in [-0.4, -0.2) is 83.2 Å². The molecule has 6 aliphatic rings. The molecule has 2 atom stereocenters. The summed E-state index contributed by atoms with van der Waals surface area (Å²) in [6, 6.07) is 33.7. The normalized spacial score (nSPS) is 17.2. The molecule has 8 heterocycles. The van der Waals surface area contributed by atoms with Gasteiger partial charge in [-0.15, -0.1) is 0 Å². The van der Waals surface area contributed by atoms with Gasteiger partial charge in [-0.1, -0.05) is 36.4 Å². The number of amides is 1. The third-order valence-corrected chi connectivity index (χ3v) is 15.9. The van der Waals surface area contributed by atoms with Gasteiger partial charge in [-0.05, 0) is 81.3 Å². The molecule has 0 fully saturated rings. The Kier molecular flexibility index (Phi) is 15.6. The average Bonchev–Trinajstić information content (AvgIpc) is 4.08. The number of aromatic nitrogens is 2. The summed E-state index contributed by atoms with van der Waals surface area (Å²) < 4.78 is 47.9. The number of pyridine rings is 2. The molecule has 0 spiro atoms. The highest BCUT2D eigenvalue weighted by atomic mass is 16.5. The highest BCUT2D eigenvalue weighted by molar-refractivity contribution is 6.00. The summed E-state index contributed by atoms with van der Waals surface area (Å²) >= 11 is 0. The van der Waals surface area contributed by atoms with E-state index in [1.807, 2.05) is 24.3 Å². The number of ketones is 1. The number of nitrogens with zero attached hydrogens (tertiary/aromatic N) is 4. The number of hydrogen-bond acceptors (Lipinski definition) is 11. The maximum absolute atomic E-state index is 12.7. The maximum atomic E-state index is 12.7. The zero-order valence-electron chi connectivity index (χ0n) is 44.2. The van der Waals surface area contributed by atoms with Crippen LogP contribution in [0.25, 0.3) is 33.0 Å². The Bertz CT molecular complexity index is 3000. The molecule has 12 rings (SSSR count). The number of ether oxygens (including phenoxy) is 7. The summed E-state index contributed by atoms with van der Waals surface area (Å²) in [6.45, 7) is 7.32. The van der Waals surface area contributed by atoms with E-state index in [9.17, 15) is 9.59 Å². The number of nitrogens with one attached hydrogen (secondary N) is 1. The van der Waals surface area contributed by atoms with Crippen LogP contribution in [0.3, 0.4) is 0 Å². The first-order valence-electron chi connectivity index (χ1n) is 28.4. The van der Waals surface area contributed by atoms with Gasteiger partial charge >= 0.3 is 0 Å². The molecule has 1 amide bonds. The minimum Gasteiger partial charge on any atom is -0.485 e. The van der Waals surface area contributed by atoms with Crippen LogP contribution < -0.4 is 43.2 Å². The molecule has 0 saturated heterocycles. The summed E-state index contributed by atoms with van der Waals surface area (Å²) in [5.74, 6) is 5.89. The Morgan fingerprint density at radius 1 is 0.506 bits per heavy atom. The molecular formula is C63H71N5O9+2. The topological polar surface area (TPSA) is 125 Å². The van der Waals surface area contributed by atoms with Crippen molar-refractivity contribution in [3.05, 3.63) is 132 Å². The van der Waals surface area contributed by atoms with Crippen molar-refractivity contribution in [2.75, 3.05) is 69.1 Å². The standard InChI is InChI=1S/C63H70N5O9/c69-44(16-3-1-10-32-65-34-27-45-58-49(65)20-13-24-53(58)74-55-29-36-67-47-18-5-7-22-51(47)76-62(67)60(45)55)17-9-12-38-71-40-42-73-43-41-72-39-15-31-64-57(70)26-4-2-11-33-66-35-28-46-59-50(66)21-14-25-54(59)75-56-30-37-68-48-19-6-8-23-52(48)77-63(68)61(46)56/h5-8,13-14,18-25,27-28,34-35,55-56H,1-4,9-12,15-17,26,29-33,36-43H2/q+1/p+1. The van der Waals surface area contributed by atoms with Gasteiger partial charge in [0.15, 0.2) is 23.9 Å². The van der Waals surface area contributed by atoms with E-state index < -0.39 is 0 Å². The Morgan fingerprint density at radius 3 is 1.55 bits per heavy atom. The van der Waals surface area contributed by atoms with Crippen molar-refractivity contribution < 1.29 is 51.9 Å². The van der Waals surface area contributed by atoms with Crippen LogP contribution in [0.2, 0.25) is 0 Å². The second-order valence-electron chi connectivity index (χ2n) is 21.0. The number of carbonyl (C=O) groups excluding carboxylic acids is 2. The van der Waals surface area contributed by atoms with E-state index in [2.05, 4.69) is 109 Å². The van der Waals surface area contributed by atoms with E-state index in [4.69, 9.17) is 33.2 Å². The minimum atomic E-state index is -0.0326. The van der Waals surface area contributed by atoms with E-state index in [-0.39, 0.29) is 18.1 Å². The molecular weight excluding hydrogens is 971 g/mol. The zero-order chi connectivity index (χ0) is 51.9. The van der Waals surface area contributed by atoms with Crippen molar-refractivity contribution in [3.63, 3.8) is 0 Å². The molecule has 0 aliphatic carbocycles. The fourth-order valence-electron chi connectivity index (χ4n) is 12.1. The third kappa shape index (κ3) is 10.8. The monoisotopic (exact) mass is 1040 g/mol. The number of unbranched alkanes of at least 4 members (excludes halogenated alkanes) is 5. The van der Waals surface area contributed by atoms with Crippen molar-refractivity contribution in [2.24, 2.45) is 0 Å². The largest absolute Gasteiger partial charge is 0.485 e. The van der Waals surface area contributed by atoms with Gasteiger partial charge in [-0.3, -0.25) is 9.59 Å². The van der Waals surface area contributed by atoms with Gasteiger partial charge < -0.3 is 48.3 Å². The summed E-state index contributed by atoms with van der Waals surface area (Å²) in [4.78, 5) is 29.8. The lowest BCUT2D eigenvalue weighted by molar-refractivity contribution is -0.672. The molecule has 400 valence electrons. The van der Waals surface area contributed by atoms with E-state index >= 15 is 0 Å². The molecule has 14 heteroatoms. The first kappa shape index (κ1) is 50.8. The average molecular weight is 1040 g/mol. The number of fused-ring (bicyclic) bond motifs is 10. The smallest absolute Gasteiger partial charge is 0.219 e. The highest BCUT2D eigenvalue weighted by Gasteiger charge is 2.43. The van der Waals surface area contributed by atoms with Crippen LogP contribution in [0.4, 0.5) is 11.4 Å². The summed E-state index contributed by atoms with van der Waals surface area (Å²) in [6.07, 6.45) is 16.1. The number of aryl methyl sites for hydroxylation is 2. The van der Waals surface area contributed by atoms with Crippen LogP contribution in [0.15, 0.2) is 121 Å². The molecule has 77 heavy (non-hydrogen) atoms. The second-order valence-corrected chi connectivity index (χ2v) is 21.0. The Hall–Kier alpha value is -7.00. The SMILES string of the molecule is O=C(CCCCC[n+]1ccc2c3c(cccc31)OC1CCN3C(=C21)Oc1ccccc13)CCCCOCCOCCOCCCNC(=O)CCCCC[n+]1ccc2c3c(cccc31)OC1CCN3C(=C21)Oc1ccccc13. The second kappa shape index (κ2) is 23.7. The van der Waals surface area contributed by atoms with Gasteiger partial charge in [0, 0.05) is 113 Å². The number of para-hydroxylation sites is 4. The number of rotatable bonds is 27. The van der Waals surface area contributed by atoms with Gasteiger partial charge in [-0.2, -0.15) is 9.13 Å². The molecule has 6 aliphatic heterocycles. The third-order valence-electron chi connectivity index (χ3n) is 15.9. The predicted octanol–water partition coefficient (Wildman–Crippen LogP) is 10.1. The molecule has 0 saturated carbocycles. The number of hydrogen-bond donors (Lipinski definition) is 1. The van der Waals surface area contributed by atoms with Crippen molar-refractivity contribution >= 4 is 56.0 Å². The van der Waals surface area contributed by atoms with Crippen LogP contribution in [0.5, 0.6) is 23.0 Å². The van der Waals surface area contributed by atoms with E-state index in [0.29, 0.717) is 71.2 Å². The van der Waals surface area contributed by atoms with Crippen molar-refractivity contribution in [1.82, 2.24) is 5.32 Å². The molecule has 4 aromatic carbocycles. The number of Topliss-reactive ketones (excluding diaryl/α,β-unsaturated/α-hetero) is 1. The fraction of sp³-hybridized carbons (Fsp3) is 0.429. The maximum Gasteiger partial charge on any atom is 0.219 e. The highest BCUT2D eigenvalue weighted by Crippen LogP contribution is 2.51. The van der Waals surface area contributed by atoms with Gasteiger partial charge in [0.1, 0.15) is 42.6 Å². The lowest BCUT2D eigenvalue weighted by atomic mass is 9.90. The fourth-order valence-corrected chi connectivity index (χ4v) is 12.1. The van der Waals surface area contributed by atoms with Crippen molar-refractivity contribution in [3.8, 4) is 23.0 Å². The number of carbonyl (C=O) groups is 2. The predicted molar refractivity (Wildman–Crippen MR) is 295 cm³/mol. The zero-order valence-corrected chi connectivity index (χ0v) is 44.2. The van der Waals surface area contributed by atoms with Crippen LogP contribution in [0.1, 0.15) is 101 Å². The summed E-state index contributed by atoms with van der Waals surface area (Å²) in [5.41, 5.74) is 9.21. The lowest BCUT2D eigenvalue weighted by Crippen LogP contribution is -2.39. The van der Waals surface area contributed by atoms with Gasteiger partial charge in [0.25, 0.3) is 0 Å². The Labute approximate surface area is 451 Å². The van der Waals surface area contributed by atoms with E-state index in [1.54, 1.807) is 0 Å². The molecule has 0 radical (unpaired) electrons. The Balaban J connectivity index is 0.462. The minimum absolute atomic E-state index is 0.0281. The first-order valence-corrected chi connectivity index (χ1v) is 28.4. The van der Waals surface area contributed by atoms with Crippen molar-refractivity contribution in [1.29, 1.82) is 0 Å². The van der Waals surface area contributed by atoms with E-state index in [1.165, 1.54) is 11.1 Å². The number of benzene rings is 4. The van der Waals surface area contributed by atoms with Crippen LogP contribution in [0, 0.1) is 0 Å². The Morgan fingerprint density at radius 2 is 0.987 bits per heavy atom. The molecule has 6 aromatic rings. The van der Waals surface area contributed by atoms with Gasteiger partial charge in [0.2, 0.25) is 28.7 Å². The number of anilines is 2. The quantitative estimate of drug-likeness (QED) is 0.0392. The molecule has 2 unspecified atom stereocenters. The summed E-state index contributed by atoms with van der Waals surface area (Å²) in [7, 11) is 0. The molecule has 1 N–H and O–H groups in total. The van der Waals surface area contributed by atoms with Crippen LogP contribution >= 0.6 is 0 Å². The van der Waals surface area contributed by atoms with Crippen LogP contribution in [-0.2, 0) is 36.9 Å². The van der Waals surface area contributed by atoms with Gasteiger partial charge in [-0.25, -0.2) is 0 Å². The lowest BCUT2D eigenvalue weighted by Gasteiger charge is -2.35. The first-order chi connectivity index (χ1) is 38.1. The molecule has 14 nitrogen and oxygen atoms in total. The summed E-state index contributed by atoms with van der Waals surface area (Å²) in [5, 5.41) is 5.32. The van der Waals surface area contributed by atoms with Crippen molar-refractivity contribution in [2.45, 2.75) is 115 Å². The molecule has 2 aromatic heterocycles.